The molecule has 0 saturated heterocycles. The highest BCUT2D eigenvalue weighted by Crippen LogP contribution is 2.08. The number of rotatable bonds is 9. The van der Waals surface area contributed by atoms with Gasteiger partial charge in [-0.2, -0.15) is 0 Å². The minimum Gasteiger partial charge on any atom is -0.392 e. The van der Waals surface area contributed by atoms with Crippen molar-refractivity contribution < 1.29 is 8.42 Å². The van der Waals surface area contributed by atoms with Gasteiger partial charge in [-0.15, -0.1) is 0 Å². The van der Waals surface area contributed by atoms with E-state index < -0.39 is 15.3 Å². The van der Waals surface area contributed by atoms with E-state index in [1.807, 2.05) is 6.92 Å². The molecule has 3 N–H and O–H groups in total. The van der Waals surface area contributed by atoms with Gasteiger partial charge in [0.1, 0.15) is 5.25 Å². The van der Waals surface area contributed by atoms with Gasteiger partial charge in [0.25, 0.3) is 0 Å². The molecule has 0 amide bonds. The lowest BCUT2D eigenvalue weighted by Crippen LogP contribution is -2.43. The molecule has 0 aromatic heterocycles. The Morgan fingerprint density at radius 2 is 1.88 bits per heavy atom. The Kier molecular flexibility index (Phi) is 7.91. The van der Waals surface area contributed by atoms with Crippen LogP contribution in [0.25, 0.3) is 0 Å². The monoisotopic (exact) mass is 280 g/mol. The maximum atomic E-state index is 11.8. The van der Waals surface area contributed by atoms with Gasteiger partial charge < -0.3 is 5.73 Å². The summed E-state index contributed by atoms with van der Waals surface area (Å²) >= 11 is 4.70. The number of unbranched alkanes of at least 4 members (excludes halogenated alkanes) is 3. The summed E-state index contributed by atoms with van der Waals surface area (Å²) < 4.78 is 26.2. The normalized spacial score (nSPS) is 15.5. The number of nitrogens with two attached hydrogens (primary N) is 1. The minimum atomic E-state index is -3.42. The van der Waals surface area contributed by atoms with E-state index in [2.05, 4.69) is 11.6 Å². The number of nitrogens with one attached hydrogen (secondary N) is 1. The molecule has 4 nitrogen and oxygen atoms in total. The van der Waals surface area contributed by atoms with Crippen LogP contribution in [0.1, 0.15) is 52.9 Å². The third-order valence-electron chi connectivity index (χ3n) is 2.72. The van der Waals surface area contributed by atoms with Crippen LogP contribution in [-0.2, 0) is 10.0 Å². The summed E-state index contributed by atoms with van der Waals surface area (Å²) in [4.78, 5) is 0.00989. The first-order valence-corrected chi connectivity index (χ1v) is 8.07. The Morgan fingerprint density at radius 3 is 2.35 bits per heavy atom. The quantitative estimate of drug-likeness (QED) is 0.500. The van der Waals surface area contributed by atoms with E-state index in [1.54, 1.807) is 0 Å². The van der Waals surface area contributed by atoms with E-state index in [9.17, 15) is 8.42 Å². The van der Waals surface area contributed by atoms with Crippen molar-refractivity contribution in [3.05, 3.63) is 0 Å². The molecular weight excluding hydrogens is 256 g/mol. The lowest BCUT2D eigenvalue weighted by molar-refractivity contribution is 0.520. The summed E-state index contributed by atoms with van der Waals surface area (Å²) in [6.45, 7) is 5.53. The molecule has 0 spiro atoms. The average molecular weight is 280 g/mol. The molecule has 102 valence electrons. The highest BCUT2D eigenvalue weighted by Gasteiger charge is 2.24. The first kappa shape index (κ1) is 16.8. The fourth-order valence-electron chi connectivity index (χ4n) is 1.47. The van der Waals surface area contributed by atoms with Gasteiger partial charge in [0.2, 0.25) is 10.0 Å². The molecule has 0 bridgehead atoms. The molecule has 2 unspecified atom stereocenters. The second-order valence-electron chi connectivity index (χ2n) is 4.46. The number of hydrogen-bond acceptors (Lipinski definition) is 3. The molecule has 6 heteroatoms. The maximum Gasteiger partial charge on any atom is 0.220 e. The largest absolute Gasteiger partial charge is 0.392 e. The van der Waals surface area contributed by atoms with Crippen LogP contribution in [0, 0.1) is 0 Å². The third kappa shape index (κ3) is 6.95. The second-order valence-corrected chi connectivity index (χ2v) is 6.96. The van der Waals surface area contributed by atoms with Crippen molar-refractivity contribution in [1.29, 1.82) is 0 Å². The van der Waals surface area contributed by atoms with Crippen LogP contribution in [-0.4, -0.2) is 24.7 Å². The molecule has 0 heterocycles. The first-order chi connectivity index (χ1) is 7.81. The van der Waals surface area contributed by atoms with Gasteiger partial charge in [-0.3, -0.25) is 0 Å². The Labute approximate surface area is 110 Å². The molecule has 0 aliphatic carbocycles. The molecule has 2 atom stereocenters. The first-order valence-electron chi connectivity index (χ1n) is 6.11. The van der Waals surface area contributed by atoms with E-state index >= 15 is 0 Å². The fourth-order valence-corrected chi connectivity index (χ4v) is 3.04. The summed E-state index contributed by atoms with van der Waals surface area (Å²) in [6.07, 6.45) is 5.41. The van der Waals surface area contributed by atoms with Crippen molar-refractivity contribution in [2.24, 2.45) is 5.73 Å². The molecule has 0 aromatic rings. The van der Waals surface area contributed by atoms with Crippen LogP contribution in [0.2, 0.25) is 0 Å². The summed E-state index contributed by atoms with van der Waals surface area (Å²) in [6, 6.07) is -0.0614. The molecule has 0 rings (SSSR count). The molecule has 0 aromatic carbocycles. The molecule has 0 saturated carbocycles. The predicted octanol–water partition coefficient (Wildman–Crippen LogP) is 1.94. The molecule has 0 radical (unpaired) electrons. The van der Waals surface area contributed by atoms with Crippen molar-refractivity contribution in [3.63, 3.8) is 0 Å². The van der Waals surface area contributed by atoms with Crippen LogP contribution in [0.15, 0.2) is 0 Å². The van der Waals surface area contributed by atoms with E-state index in [0.29, 0.717) is 0 Å². The highest BCUT2D eigenvalue weighted by atomic mass is 32.2. The smallest absolute Gasteiger partial charge is 0.220 e. The summed E-state index contributed by atoms with van der Waals surface area (Å²) in [5.41, 5.74) is 5.35. The summed E-state index contributed by atoms with van der Waals surface area (Å²) in [7, 11) is -3.42. The Morgan fingerprint density at radius 1 is 1.29 bits per heavy atom. The fraction of sp³-hybridized carbons (Fsp3) is 0.909. The van der Waals surface area contributed by atoms with Crippen molar-refractivity contribution in [3.8, 4) is 0 Å². The van der Waals surface area contributed by atoms with E-state index in [-0.39, 0.29) is 11.0 Å². The lowest BCUT2D eigenvalue weighted by atomic mass is 10.1. The SMILES string of the molecule is CCCCCCC(C)NS(=O)(=O)C(C)C(N)=S. The van der Waals surface area contributed by atoms with Crippen LogP contribution in [0.4, 0.5) is 0 Å². The van der Waals surface area contributed by atoms with Gasteiger partial charge in [0, 0.05) is 6.04 Å². The van der Waals surface area contributed by atoms with Gasteiger partial charge >= 0.3 is 0 Å². The maximum absolute atomic E-state index is 11.8. The van der Waals surface area contributed by atoms with Crippen LogP contribution >= 0.6 is 12.2 Å². The molecule has 17 heavy (non-hydrogen) atoms. The zero-order chi connectivity index (χ0) is 13.5. The van der Waals surface area contributed by atoms with Gasteiger partial charge in [0.05, 0.1) is 4.99 Å². The topological polar surface area (TPSA) is 72.2 Å². The molecule has 0 aliphatic heterocycles. The average Bonchev–Trinajstić information content (AvgIpc) is 2.22. The number of thiocarbonyl (C=S) groups is 1. The van der Waals surface area contributed by atoms with Crippen molar-refractivity contribution in [1.82, 2.24) is 4.72 Å². The van der Waals surface area contributed by atoms with Gasteiger partial charge in [-0.1, -0.05) is 44.8 Å². The highest BCUT2D eigenvalue weighted by molar-refractivity contribution is 7.93. The summed E-state index contributed by atoms with van der Waals surface area (Å²) in [5, 5.41) is -0.810. The number of hydrogen-bond donors (Lipinski definition) is 2. The van der Waals surface area contributed by atoms with Crippen molar-refractivity contribution in [2.45, 2.75) is 64.2 Å². The van der Waals surface area contributed by atoms with E-state index in [4.69, 9.17) is 18.0 Å². The molecule has 0 fully saturated rings. The summed E-state index contributed by atoms with van der Waals surface area (Å²) in [5.74, 6) is 0. The number of sulfonamides is 1. The molecular formula is C11H24N2O2S2. The van der Waals surface area contributed by atoms with Gasteiger partial charge in [0.15, 0.2) is 0 Å². The zero-order valence-electron chi connectivity index (χ0n) is 10.9. The molecule has 0 aliphatic rings. The van der Waals surface area contributed by atoms with Crippen LogP contribution < -0.4 is 10.5 Å². The van der Waals surface area contributed by atoms with Gasteiger partial charge in [-0.25, -0.2) is 13.1 Å². The standard InChI is InChI=1S/C11H24N2O2S2/c1-4-5-6-7-8-9(2)13-17(14,15)10(3)11(12)16/h9-10,13H,4-8H2,1-3H3,(H2,12,16). The lowest BCUT2D eigenvalue weighted by Gasteiger charge is -2.17. The van der Waals surface area contributed by atoms with Crippen LogP contribution in [0.3, 0.4) is 0 Å². The second kappa shape index (κ2) is 8.00. The van der Waals surface area contributed by atoms with E-state index in [1.165, 1.54) is 19.8 Å². The predicted molar refractivity (Wildman–Crippen MR) is 76.5 cm³/mol. The minimum absolute atomic E-state index is 0.00989. The Hall–Kier alpha value is -0.200. The van der Waals surface area contributed by atoms with Gasteiger partial charge in [-0.05, 0) is 20.3 Å². The zero-order valence-corrected chi connectivity index (χ0v) is 12.5. The Bertz CT molecular complexity index is 328. The van der Waals surface area contributed by atoms with E-state index in [0.717, 1.165) is 19.3 Å². The van der Waals surface area contributed by atoms with Crippen molar-refractivity contribution in [2.75, 3.05) is 0 Å². The third-order valence-corrected chi connectivity index (χ3v) is 5.14. The van der Waals surface area contributed by atoms with Crippen molar-refractivity contribution >= 4 is 27.2 Å². The Balaban J connectivity index is 4.10. The van der Waals surface area contributed by atoms with Crippen LogP contribution in [0.5, 0.6) is 0 Å².